The lowest BCUT2D eigenvalue weighted by atomic mass is 10.2. The Morgan fingerprint density at radius 3 is 2.79 bits per heavy atom. The minimum atomic E-state index is 0.624. The highest BCUT2D eigenvalue weighted by atomic mass is 35.5. The standard InChI is InChI=1S/C10H10ClN3/c1-14-5-4-13-10(14)8-3-2-7(12)6-9(8)11/h2-6H,12H2,1H3. The van der Waals surface area contributed by atoms with Crippen LogP contribution in [0.3, 0.4) is 0 Å². The fourth-order valence-corrected chi connectivity index (χ4v) is 1.61. The first kappa shape index (κ1) is 9.09. The molecule has 0 aliphatic carbocycles. The van der Waals surface area contributed by atoms with Gasteiger partial charge in [-0.05, 0) is 18.2 Å². The zero-order valence-corrected chi connectivity index (χ0v) is 8.49. The topological polar surface area (TPSA) is 43.8 Å². The lowest BCUT2D eigenvalue weighted by Gasteiger charge is -2.04. The average Bonchev–Trinajstić information content (AvgIpc) is 2.52. The summed E-state index contributed by atoms with van der Waals surface area (Å²) in [5, 5.41) is 0.624. The number of nitrogens with zero attached hydrogens (tertiary/aromatic N) is 2. The molecule has 0 unspecified atom stereocenters. The number of hydrogen-bond donors (Lipinski definition) is 1. The Kier molecular flexibility index (Phi) is 2.17. The fourth-order valence-electron chi connectivity index (χ4n) is 1.34. The van der Waals surface area contributed by atoms with Gasteiger partial charge in [-0.3, -0.25) is 0 Å². The highest BCUT2D eigenvalue weighted by Crippen LogP contribution is 2.27. The Balaban J connectivity index is 2.58. The predicted molar refractivity (Wildman–Crippen MR) is 58.1 cm³/mol. The zero-order valence-electron chi connectivity index (χ0n) is 7.74. The first-order chi connectivity index (χ1) is 6.68. The van der Waals surface area contributed by atoms with Crippen molar-refractivity contribution < 1.29 is 0 Å². The van der Waals surface area contributed by atoms with E-state index >= 15 is 0 Å². The maximum absolute atomic E-state index is 6.06. The largest absolute Gasteiger partial charge is 0.399 e. The van der Waals surface area contributed by atoms with Crippen LogP contribution in [0.2, 0.25) is 5.02 Å². The molecule has 0 saturated heterocycles. The number of halogens is 1. The van der Waals surface area contributed by atoms with Crippen LogP contribution < -0.4 is 5.73 Å². The van der Waals surface area contributed by atoms with Crippen molar-refractivity contribution in [3.8, 4) is 11.4 Å². The maximum Gasteiger partial charge on any atom is 0.141 e. The Morgan fingerprint density at radius 2 is 2.21 bits per heavy atom. The van der Waals surface area contributed by atoms with Crippen LogP contribution in [0.25, 0.3) is 11.4 Å². The van der Waals surface area contributed by atoms with Gasteiger partial charge in [0.1, 0.15) is 5.82 Å². The van der Waals surface area contributed by atoms with Crippen molar-refractivity contribution in [2.24, 2.45) is 7.05 Å². The molecule has 0 aliphatic rings. The third kappa shape index (κ3) is 1.46. The number of anilines is 1. The third-order valence-corrected chi connectivity index (χ3v) is 2.37. The second-order valence-electron chi connectivity index (χ2n) is 3.10. The highest BCUT2D eigenvalue weighted by Gasteiger charge is 2.07. The van der Waals surface area contributed by atoms with Crippen molar-refractivity contribution in [3.63, 3.8) is 0 Å². The van der Waals surface area contributed by atoms with E-state index in [1.165, 1.54) is 0 Å². The van der Waals surface area contributed by atoms with Gasteiger partial charge in [0, 0.05) is 30.7 Å². The van der Waals surface area contributed by atoms with Crippen molar-refractivity contribution in [1.82, 2.24) is 9.55 Å². The Morgan fingerprint density at radius 1 is 1.43 bits per heavy atom. The van der Waals surface area contributed by atoms with Crippen LogP contribution in [0.5, 0.6) is 0 Å². The Hall–Kier alpha value is -1.48. The fraction of sp³-hybridized carbons (Fsp3) is 0.100. The van der Waals surface area contributed by atoms with Crippen molar-refractivity contribution in [2.45, 2.75) is 0 Å². The van der Waals surface area contributed by atoms with E-state index in [-0.39, 0.29) is 0 Å². The zero-order chi connectivity index (χ0) is 10.1. The molecular weight excluding hydrogens is 198 g/mol. The van der Waals surface area contributed by atoms with Crippen molar-refractivity contribution in [3.05, 3.63) is 35.6 Å². The minimum absolute atomic E-state index is 0.624. The van der Waals surface area contributed by atoms with Crippen LogP contribution in [0, 0.1) is 0 Å². The molecule has 0 radical (unpaired) electrons. The van der Waals surface area contributed by atoms with Gasteiger partial charge in [0.15, 0.2) is 0 Å². The molecule has 1 aromatic carbocycles. The van der Waals surface area contributed by atoms with Crippen LogP contribution in [0.15, 0.2) is 30.6 Å². The van der Waals surface area contributed by atoms with Gasteiger partial charge in [0.25, 0.3) is 0 Å². The van der Waals surface area contributed by atoms with Crippen LogP contribution in [-0.2, 0) is 7.05 Å². The summed E-state index contributed by atoms with van der Waals surface area (Å²) in [6, 6.07) is 5.42. The number of hydrogen-bond acceptors (Lipinski definition) is 2. The second-order valence-corrected chi connectivity index (χ2v) is 3.51. The molecular formula is C10H10ClN3. The average molecular weight is 208 g/mol. The minimum Gasteiger partial charge on any atom is -0.399 e. The number of nitrogen functional groups attached to an aromatic ring is 1. The second kappa shape index (κ2) is 3.35. The Bertz CT molecular complexity index is 462. The van der Waals surface area contributed by atoms with Gasteiger partial charge in [-0.1, -0.05) is 11.6 Å². The van der Waals surface area contributed by atoms with Gasteiger partial charge in [0.2, 0.25) is 0 Å². The van der Waals surface area contributed by atoms with E-state index in [1.54, 1.807) is 12.3 Å². The molecule has 2 N–H and O–H groups in total. The van der Waals surface area contributed by atoms with Crippen LogP contribution in [0.1, 0.15) is 0 Å². The molecule has 4 heteroatoms. The smallest absolute Gasteiger partial charge is 0.141 e. The number of aromatic nitrogens is 2. The van der Waals surface area contributed by atoms with Crippen LogP contribution in [-0.4, -0.2) is 9.55 Å². The van der Waals surface area contributed by atoms with Crippen LogP contribution in [0.4, 0.5) is 5.69 Å². The lowest BCUT2D eigenvalue weighted by molar-refractivity contribution is 0.925. The summed E-state index contributed by atoms with van der Waals surface area (Å²) in [6.45, 7) is 0. The van der Waals surface area contributed by atoms with Gasteiger partial charge in [-0.2, -0.15) is 0 Å². The van der Waals surface area contributed by atoms with Gasteiger partial charge >= 0.3 is 0 Å². The molecule has 0 bridgehead atoms. The molecule has 2 aromatic rings. The lowest BCUT2D eigenvalue weighted by Crippen LogP contribution is -1.93. The van der Waals surface area contributed by atoms with E-state index in [1.807, 2.05) is 29.9 Å². The molecule has 1 aromatic heterocycles. The summed E-state index contributed by atoms with van der Waals surface area (Å²) in [5.74, 6) is 0.843. The van der Waals surface area contributed by atoms with E-state index in [2.05, 4.69) is 4.98 Å². The van der Waals surface area contributed by atoms with Gasteiger partial charge in [0.05, 0.1) is 5.02 Å². The summed E-state index contributed by atoms with van der Waals surface area (Å²) in [6.07, 6.45) is 3.62. The molecule has 3 nitrogen and oxygen atoms in total. The number of nitrogens with two attached hydrogens (primary N) is 1. The molecule has 0 atom stereocenters. The van der Waals surface area contributed by atoms with Crippen LogP contribution >= 0.6 is 11.6 Å². The Labute approximate surface area is 87.1 Å². The number of aryl methyl sites for hydroxylation is 1. The molecule has 2 rings (SSSR count). The first-order valence-corrected chi connectivity index (χ1v) is 4.59. The first-order valence-electron chi connectivity index (χ1n) is 4.21. The number of imidazole rings is 1. The molecule has 72 valence electrons. The van der Waals surface area contributed by atoms with Gasteiger partial charge < -0.3 is 10.3 Å². The quantitative estimate of drug-likeness (QED) is 0.730. The van der Waals surface area contributed by atoms with Gasteiger partial charge in [-0.25, -0.2) is 4.98 Å². The molecule has 1 heterocycles. The van der Waals surface area contributed by atoms with Gasteiger partial charge in [-0.15, -0.1) is 0 Å². The molecule has 0 spiro atoms. The summed E-state index contributed by atoms with van der Waals surface area (Å²) in [4.78, 5) is 4.21. The normalized spacial score (nSPS) is 10.4. The van der Waals surface area contributed by atoms with E-state index in [4.69, 9.17) is 17.3 Å². The van der Waals surface area contributed by atoms with E-state index in [0.29, 0.717) is 10.7 Å². The molecule has 0 fully saturated rings. The summed E-state index contributed by atoms with van der Waals surface area (Å²) >= 11 is 6.06. The van der Waals surface area contributed by atoms with E-state index < -0.39 is 0 Å². The summed E-state index contributed by atoms with van der Waals surface area (Å²) in [5.41, 5.74) is 7.16. The molecule has 0 aliphatic heterocycles. The maximum atomic E-state index is 6.06. The SMILES string of the molecule is Cn1ccnc1-c1ccc(N)cc1Cl. The molecule has 14 heavy (non-hydrogen) atoms. The summed E-state index contributed by atoms with van der Waals surface area (Å²) < 4.78 is 1.91. The monoisotopic (exact) mass is 207 g/mol. The highest BCUT2D eigenvalue weighted by molar-refractivity contribution is 6.33. The van der Waals surface area contributed by atoms with Crippen molar-refractivity contribution in [1.29, 1.82) is 0 Å². The predicted octanol–water partition coefficient (Wildman–Crippen LogP) is 2.32. The summed E-state index contributed by atoms with van der Waals surface area (Å²) in [7, 11) is 1.93. The van der Waals surface area contributed by atoms with E-state index in [0.717, 1.165) is 11.4 Å². The third-order valence-electron chi connectivity index (χ3n) is 2.06. The van der Waals surface area contributed by atoms with E-state index in [9.17, 15) is 0 Å². The molecule has 0 amide bonds. The number of rotatable bonds is 1. The number of benzene rings is 1. The molecule has 0 saturated carbocycles. The van der Waals surface area contributed by atoms with Crippen molar-refractivity contribution in [2.75, 3.05) is 5.73 Å². The van der Waals surface area contributed by atoms with Crippen molar-refractivity contribution >= 4 is 17.3 Å².